The van der Waals surface area contributed by atoms with Crippen molar-refractivity contribution in [1.82, 2.24) is 14.7 Å². The summed E-state index contributed by atoms with van der Waals surface area (Å²) in [6.07, 6.45) is 1.41. The Morgan fingerprint density at radius 1 is 1.09 bits per heavy atom. The number of carbonyl (C=O) groups excluding carboxylic acids is 3. The van der Waals surface area contributed by atoms with Crippen molar-refractivity contribution in [3.63, 3.8) is 0 Å². The molecule has 34 heavy (non-hydrogen) atoms. The van der Waals surface area contributed by atoms with Crippen molar-refractivity contribution < 1.29 is 19.1 Å². The summed E-state index contributed by atoms with van der Waals surface area (Å²) in [5.74, 6) is -0.548. The minimum absolute atomic E-state index is 0.0612. The molecule has 0 aromatic heterocycles. The molecule has 2 fully saturated rings. The zero-order chi connectivity index (χ0) is 24.2. The summed E-state index contributed by atoms with van der Waals surface area (Å²) in [7, 11) is 1.29. The molecule has 0 radical (unpaired) electrons. The van der Waals surface area contributed by atoms with Crippen LogP contribution in [0.3, 0.4) is 0 Å². The molecule has 8 nitrogen and oxygen atoms in total. The first-order valence-electron chi connectivity index (χ1n) is 11.4. The average molecular weight is 485 g/mol. The fourth-order valence-corrected chi connectivity index (χ4v) is 4.77. The lowest BCUT2D eigenvalue weighted by Gasteiger charge is -2.36. The molecule has 4 amide bonds. The fraction of sp³-hybridized carbons (Fsp3) is 0.400. The smallest absolute Gasteiger partial charge is 0.339 e. The van der Waals surface area contributed by atoms with Gasteiger partial charge in [-0.2, -0.15) is 0 Å². The minimum Gasteiger partial charge on any atom is -0.465 e. The van der Waals surface area contributed by atoms with Gasteiger partial charge in [0.15, 0.2) is 0 Å². The lowest BCUT2D eigenvalue weighted by atomic mass is 10.0. The van der Waals surface area contributed by atoms with Crippen LogP contribution in [0.2, 0.25) is 5.02 Å². The van der Waals surface area contributed by atoms with E-state index in [2.05, 4.69) is 11.4 Å². The predicted octanol–water partition coefficient (Wildman–Crippen LogP) is 4.37. The Labute approximate surface area is 204 Å². The molecule has 2 aliphatic heterocycles. The number of likely N-dealkylation sites (tertiary alicyclic amines) is 1. The number of aryl methyl sites for hydroxylation is 1. The first kappa shape index (κ1) is 23.9. The Kier molecular flexibility index (Phi) is 7.26. The standard InChI is InChI=1S/C25H29ClN4O4/c1-17-4-3-5-18(14-17)16-29-12-13-30(25(29)33)20-8-10-28(11-9-20)24(32)27-22-15-19(26)6-7-21(22)23(31)34-2/h3-7,14-15,20H,8-13,16H2,1-2H3,(H,27,32). The van der Waals surface area contributed by atoms with E-state index in [1.807, 2.05) is 34.9 Å². The van der Waals surface area contributed by atoms with Crippen LogP contribution >= 0.6 is 11.6 Å². The number of hydrogen-bond donors (Lipinski definition) is 1. The molecule has 180 valence electrons. The van der Waals surface area contributed by atoms with Gasteiger partial charge >= 0.3 is 18.0 Å². The largest absolute Gasteiger partial charge is 0.465 e. The van der Waals surface area contributed by atoms with Gasteiger partial charge in [-0.1, -0.05) is 41.4 Å². The van der Waals surface area contributed by atoms with E-state index in [0.717, 1.165) is 5.56 Å². The Bertz CT molecular complexity index is 1080. The van der Waals surface area contributed by atoms with E-state index in [0.29, 0.717) is 56.3 Å². The first-order valence-corrected chi connectivity index (χ1v) is 11.8. The number of amides is 4. The number of piperidine rings is 1. The maximum absolute atomic E-state index is 13.0. The Hall–Kier alpha value is -3.26. The van der Waals surface area contributed by atoms with E-state index in [1.54, 1.807) is 11.0 Å². The number of rotatable bonds is 5. The highest BCUT2D eigenvalue weighted by atomic mass is 35.5. The molecule has 0 atom stereocenters. The number of anilines is 1. The number of ether oxygens (including phenoxy) is 1. The van der Waals surface area contributed by atoms with Crippen LogP contribution in [-0.4, -0.2) is 72.1 Å². The van der Waals surface area contributed by atoms with Gasteiger partial charge in [0.25, 0.3) is 0 Å². The zero-order valence-corrected chi connectivity index (χ0v) is 20.2. The molecule has 2 saturated heterocycles. The lowest BCUT2D eigenvalue weighted by molar-refractivity contribution is 0.0602. The van der Waals surface area contributed by atoms with E-state index in [9.17, 15) is 14.4 Å². The van der Waals surface area contributed by atoms with Crippen LogP contribution in [0.4, 0.5) is 15.3 Å². The predicted molar refractivity (Wildman–Crippen MR) is 130 cm³/mol. The number of carbonyl (C=O) groups is 3. The van der Waals surface area contributed by atoms with Crippen molar-refractivity contribution in [3.05, 3.63) is 64.2 Å². The number of nitrogens with one attached hydrogen (secondary N) is 1. The minimum atomic E-state index is -0.548. The van der Waals surface area contributed by atoms with Gasteiger partial charge in [-0.05, 0) is 43.5 Å². The summed E-state index contributed by atoms with van der Waals surface area (Å²) in [5, 5.41) is 3.19. The number of urea groups is 2. The van der Waals surface area contributed by atoms with Gasteiger partial charge in [0.05, 0.1) is 18.4 Å². The summed E-state index contributed by atoms with van der Waals surface area (Å²) >= 11 is 6.05. The second-order valence-corrected chi connectivity index (χ2v) is 9.15. The van der Waals surface area contributed by atoms with Crippen LogP contribution in [0.5, 0.6) is 0 Å². The van der Waals surface area contributed by atoms with Crippen LogP contribution < -0.4 is 5.32 Å². The molecule has 9 heteroatoms. The molecule has 4 rings (SSSR count). The first-order chi connectivity index (χ1) is 16.4. The number of hydrogen-bond acceptors (Lipinski definition) is 4. The monoisotopic (exact) mass is 484 g/mol. The molecular weight excluding hydrogens is 456 g/mol. The maximum atomic E-state index is 13.0. The van der Waals surface area contributed by atoms with Crippen LogP contribution in [0, 0.1) is 6.92 Å². The molecule has 0 bridgehead atoms. The van der Waals surface area contributed by atoms with Crippen molar-refractivity contribution in [2.24, 2.45) is 0 Å². The molecule has 0 spiro atoms. The average Bonchev–Trinajstić information content (AvgIpc) is 3.18. The topological polar surface area (TPSA) is 82.2 Å². The number of nitrogens with zero attached hydrogens (tertiary/aromatic N) is 3. The third kappa shape index (κ3) is 5.28. The van der Waals surface area contributed by atoms with Crippen LogP contribution in [0.1, 0.15) is 34.3 Å². The van der Waals surface area contributed by atoms with Gasteiger partial charge in [0.2, 0.25) is 0 Å². The summed E-state index contributed by atoms with van der Waals surface area (Å²) in [6, 6.07) is 12.7. The Morgan fingerprint density at radius 2 is 1.85 bits per heavy atom. The van der Waals surface area contributed by atoms with Gasteiger partial charge in [0, 0.05) is 43.8 Å². The number of methoxy groups -OCH3 is 1. The summed E-state index contributed by atoms with van der Waals surface area (Å²) < 4.78 is 4.79. The van der Waals surface area contributed by atoms with Crippen molar-refractivity contribution in [3.8, 4) is 0 Å². The highest BCUT2D eigenvalue weighted by Gasteiger charge is 2.36. The second kappa shape index (κ2) is 10.3. The van der Waals surface area contributed by atoms with E-state index in [1.165, 1.54) is 24.8 Å². The highest BCUT2D eigenvalue weighted by Crippen LogP contribution is 2.25. The van der Waals surface area contributed by atoms with Crippen LogP contribution in [0.25, 0.3) is 0 Å². The van der Waals surface area contributed by atoms with Gasteiger partial charge < -0.3 is 24.8 Å². The van der Waals surface area contributed by atoms with E-state index >= 15 is 0 Å². The third-order valence-corrected chi connectivity index (χ3v) is 6.64. The normalized spacial score (nSPS) is 16.7. The molecule has 2 aliphatic rings. The molecule has 2 heterocycles. The maximum Gasteiger partial charge on any atom is 0.339 e. The molecular formula is C25H29ClN4O4. The molecule has 2 aromatic rings. The number of halogens is 1. The second-order valence-electron chi connectivity index (χ2n) is 8.72. The molecule has 0 saturated carbocycles. The quantitative estimate of drug-likeness (QED) is 0.639. The van der Waals surface area contributed by atoms with Crippen LogP contribution in [-0.2, 0) is 11.3 Å². The SMILES string of the molecule is COC(=O)c1ccc(Cl)cc1NC(=O)N1CCC(N2CCN(Cc3cccc(C)c3)C2=O)CC1. The van der Waals surface area contributed by atoms with Gasteiger partial charge in [-0.3, -0.25) is 0 Å². The molecule has 2 aromatic carbocycles. The lowest BCUT2D eigenvalue weighted by Crippen LogP contribution is -2.49. The van der Waals surface area contributed by atoms with Gasteiger partial charge in [-0.25, -0.2) is 14.4 Å². The summed E-state index contributed by atoms with van der Waals surface area (Å²) in [6.45, 7) is 5.11. The Morgan fingerprint density at radius 3 is 2.56 bits per heavy atom. The highest BCUT2D eigenvalue weighted by molar-refractivity contribution is 6.31. The van der Waals surface area contributed by atoms with Crippen LogP contribution in [0.15, 0.2) is 42.5 Å². The molecule has 1 N–H and O–H groups in total. The van der Waals surface area contributed by atoms with E-state index in [4.69, 9.17) is 16.3 Å². The van der Waals surface area contributed by atoms with Crippen molar-refractivity contribution in [1.29, 1.82) is 0 Å². The van der Waals surface area contributed by atoms with Crippen molar-refractivity contribution in [2.75, 3.05) is 38.6 Å². The third-order valence-electron chi connectivity index (χ3n) is 6.40. The van der Waals surface area contributed by atoms with E-state index < -0.39 is 5.97 Å². The number of esters is 1. The van der Waals surface area contributed by atoms with E-state index in [-0.39, 0.29) is 23.7 Å². The zero-order valence-electron chi connectivity index (χ0n) is 19.4. The van der Waals surface area contributed by atoms with Crippen molar-refractivity contribution >= 4 is 35.3 Å². The Balaban J connectivity index is 1.32. The molecule has 0 unspecified atom stereocenters. The van der Waals surface area contributed by atoms with Gasteiger partial charge in [0.1, 0.15) is 0 Å². The van der Waals surface area contributed by atoms with Gasteiger partial charge in [-0.15, -0.1) is 0 Å². The number of benzene rings is 2. The van der Waals surface area contributed by atoms with Crippen molar-refractivity contribution in [2.45, 2.75) is 32.4 Å². The summed E-state index contributed by atoms with van der Waals surface area (Å²) in [5.41, 5.74) is 2.87. The molecule has 0 aliphatic carbocycles. The summed E-state index contributed by atoms with van der Waals surface area (Å²) in [4.78, 5) is 43.4. The fourth-order valence-electron chi connectivity index (χ4n) is 4.60.